The van der Waals surface area contributed by atoms with Crippen LogP contribution in [0.5, 0.6) is 5.75 Å². The summed E-state index contributed by atoms with van der Waals surface area (Å²) in [6, 6.07) is 8.05. The largest absolute Gasteiger partial charge is 0.489 e. The van der Waals surface area contributed by atoms with Crippen molar-refractivity contribution in [2.24, 2.45) is 0 Å². The summed E-state index contributed by atoms with van der Waals surface area (Å²) in [5.41, 5.74) is 0.914. The monoisotopic (exact) mass is 264 g/mol. The molecule has 1 aromatic carbocycles. The quantitative estimate of drug-likeness (QED) is 0.610. The predicted octanol–water partition coefficient (Wildman–Crippen LogP) is 3.34. The number of hydrogen-bond acceptors (Lipinski definition) is 2. The zero-order valence-electron chi connectivity index (χ0n) is 10.9. The summed E-state index contributed by atoms with van der Waals surface area (Å²) in [5, 5.41) is 6.97. The highest BCUT2D eigenvalue weighted by molar-refractivity contribution is 7.80. The number of hydrogen-bond donors (Lipinski definition) is 2. The van der Waals surface area contributed by atoms with Crippen LogP contribution in [-0.4, -0.2) is 17.8 Å². The van der Waals surface area contributed by atoms with Crippen LogP contribution in [0.25, 0.3) is 0 Å². The Bertz CT molecular complexity index is 407. The van der Waals surface area contributed by atoms with E-state index < -0.39 is 0 Å². The fraction of sp³-hybridized carbons (Fsp3) is 0.357. The molecular formula is C14H20N2OS. The summed E-state index contributed by atoms with van der Waals surface area (Å²) in [4.78, 5) is 0. The van der Waals surface area contributed by atoms with Crippen LogP contribution >= 0.6 is 12.2 Å². The van der Waals surface area contributed by atoms with Crippen LogP contribution in [0.2, 0.25) is 0 Å². The number of thiocarbonyl (C=S) groups is 1. The Morgan fingerprint density at radius 3 is 3.00 bits per heavy atom. The number of nitrogens with one attached hydrogen (secondary N) is 2. The molecule has 0 spiro atoms. The highest BCUT2D eigenvalue weighted by atomic mass is 32.1. The number of benzene rings is 1. The number of anilines is 1. The van der Waals surface area contributed by atoms with Crippen molar-refractivity contribution in [3.63, 3.8) is 0 Å². The molecule has 0 aliphatic carbocycles. The van der Waals surface area contributed by atoms with Gasteiger partial charge in [-0.05, 0) is 37.7 Å². The van der Waals surface area contributed by atoms with Crippen molar-refractivity contribution in [3.05, 3.63) is 36.9 Å². The third-order valence-corrected chi connectivity index (χ3v) is 2.67. The fourth-order valence-electron chi connectivity index (χ4n) is 1.31. The van der Waals surface area contributed by atoms with E-state index in [0.717, 1.165) is 17.9 Å². The van der Waals surface area contributed by atoms with Crippen molar-refractivity contribution >= 4 is 23.0 Å². The van der Waals surface area contributed by atoms with E-state index in [1.54, 1.807) is 6.08 Å². The van der Waals surface area contributed by atoms with E-state index in [1.165, 1.54) is 0 Å². The molecular weight excluding hydrogens is 244 g/mol. The lowest BCUT2D eigenvalue weighted by atomic mass is 10.3. The van der Waals surface area contributed by atoms with Crippen LogP contribution in [0, 0.1) is 0 Å². The maximum atomic E-state index is 5.46. The highest BCUT2D eigenvalue weighted by Gasteiger charge is 2.02. The van der Waals surface area contributed by atoms with Crippen LogP contribution in [0.3, 0.4) is 0 Å². The van der Waals surface area contributed by atoms with E-state index in [1.807, 2.05) is 24.3 Å². The molecule has 0 amide bonds. The van der Waals surface area contributed by atoms with Crippen molar-refractivity contribution < 1.29 is 4.74 Å². The maximum absolute atomic E-state index is 5.46. The first kappa shape index (κ1) is 14.5. The molecule has 0 aliphatic rings. The number of rotatable bonds is 6. The van der Waals surface area contributed by atoms with Gasteiger partial charge in [-0.15, -0.1) is 0 Å². The lowest BCUT2D eigenvalue weighted by Gasteiger charge is -2.15. The van der Waals surface area contributed by atoms with Crippen molar-refractivity contribution in [1.29, 1.82) is 0 Å². The summed E-state index contributed by atoms with van der Waals surface area (Å²) in [6.07, 6.45) is 2.75. The first-order valence-corrected chi connectivity index (χ1v) is 6.47. The SMILES string of the molecule is C=CCOc1cccc(NC(=S)N[C@H](C)CC)c1. The van der Waals surface area contributed by atoms with E-state index in [9.17, 15) is 0 Å². The van der Waals surface area contributed by atoms with E-state index in [4.69, 9.17) is 17.0 Å². The molecule has 1 atom stereocenters. The summed E-state index contributed by atoms with van der Waals surface area (Å²) < 4.78 is 5.46. The van der Waals surface area contributed by atoms with Gasteiger partial charge in [-0.2, -0.15) is 0 Å². The van der Waals surface area contributed by atoms with Crippen molar-refractivity contribution in [2.75, 3.05) is 11.9 Å². The minimum Gasteiger partial charge on any atom is -0.489 e. The summed E-state index contributed by atoms with van der Waals surface area (Å²) >= 11 is 5.23. The Labute approximate surface area is 114 Å². The topological polar surface area (TPSA) is 33.3 Å². The molecule has 0 aromatic heterocycles. The molecule has 98 valence electrons. The standard InChI is InChI=1S/C14H20N2OS/c1-4-9-17-13-8-6-7-12(10-13)16-14(18)15-11(3)5-2/h4,6-8,10-11H,1,5,9H2,2-3H3,(H2,15,16,18)/t11-/m1/s1. The van der Waals surface area contributed by atoms with Gasteiger partial charge in [0, 0.05) is 17.8 Å². The second-order valence-electron chi connectivity index (χ2n) is 4.04. The van der Waals surface area contributed by atoms with Crippen molar-refractivity contribution in [1.82, 2.24) is 5.32 Å². The maximum Gasteiger partial charge on any atom is 0.170 e. The first-order valence-electron chi connectivity index (χ1n) is 6.07. The Morgan fingerprint density at radius 2 is 2.33 bits per heavy atom. The van der Waals surface area contributed by atoms with Crippen LogP contribution in [-0.2, 0) is 0 Å². The molecule has 4 heteroatoms. The predicted molar refractivity (Wildman–Crippen MR) is 81.2 cm³/mol. The summed E-state index contributed by atoms with van der Waals surface area (Å²) in [7, 11) is 0. The van der Waals surface area contributed by atoms with Gasteiger partial charge >= 0.3 is 0 Å². The number of ether oxygens (including phenoxy) is 1. The first-order chi connectivity index (χ1) is 8.65. The average Bonchev–Trinajstić information content (AvgIpc) is 2.36. The van der Waals surface area contributed by atoms with Gasteiger partial charge in [0.05, 0.1) is 0 Å². The van der Waals surface area contributed by atoms with Gasteiger partial charge in [-0.25, -0.2) is 0 Å². The third kappa shape index (κ3) is 5.19. The summed E-state index contributed by atoms with van der Waals surface area (Å²) in [6.45, 7) is 8.33. The molecule has 18 heavy (non-hydrogen) atoms. The third-order valence-electron chi connectivity index (χ3n) is 2.45. The molecule has 3 nitrogen and oxygen atoms in total. The van der Waals surface area contributed by atoms with Crippen LogP contribution in [0.15, 0.2) is 36.9 Å². The average molecular weight is 264 g/mol. The molecule has 0 unspecified atom stereocenters. The molecule has 0 saturated carbocycles. The second kappa shape index (κ2) is 7.71. The Morgan fingerprint density at radius 1 is 1.56 bits per heavy atom. The van der Waals surface area contributed by atoms with Gasteiger partial charge in [0.1, 0.15) is 12.4 Å². The molecule has 0 radical (unpaired) electrons. The minimum atomic E-state index is 0.366. The van der Waals surface area contributed by atoms with Crippen LogP contribution in [0.1, 0.15) is 20.3 Å². The van der Waals surface area contributed by atoms with E-state index in [0.29, 0.717) is 17.8 Å². The van der Waals surface area contributed by atoms with Crippen molar-refractivity contribution in [2.45, 2.75) is 26.3 Å². The normalized spacial score (nSPS) is 11.4. The zero-order chi connectivity index (χ0) is 13.4. The molecule has 1 aromatic rings. The zero-order valence-corrected chi connectivity index (χ0v) is 11.7. The highest BCUT2D eigenvalue weighted by Crippen LogP contribution is 2.17. The Hall–Kier alpha value is -1.55. The van der Waals surface area contributed by atoms with Crippen molar-refractivity contribution in [3.8, 4) is 5.75 Å². The van der Waals surface area contributed by atoms with E-state index >= 15 is 0 Å². The van der Waals surface area contributed by atoms with Crippen LogP contribution < -0.4 is 15.4 Å². The molecule has 0 bridgehead atoms. The lowest BCUT2D eigenvalue weighted by molar-refractivity contribution is 0.363. The Balaban J connectivity index is 2.55. The molecule has 0 heterocycles. The smallest absolute Gasteiger partial charge is 0.170 e. The van der Waals surface area contributed by atoms with Gasteiger partial charge in [0.25, 0.3) is 0 Å². The van der Waals surface area contributed by atoms with Gasteiger partial charge in [0.2, 0.25) is 0 Å². The molecule has 0 aliphatic heterocycles. The summed E-state index contributed by atoms with van der Waals surface area (Å²) in [5.74, 6) is 0.797. The van der Waals surface area contributed by atoms with Crippen LogP contribution in [0.4, 0.5) is 5.69 Å². The van der Waals surface area contributed by atoms with Gasteiger partial charge in [0.15, 0.2) is 5.11 Å². The second-order valence-corrected chi connectivity index (χ2v) is 4.44. The minimum absolute atomic E-state index is 0.366. The fourth-order valence-corrected chi connectivity index (χ4v) is 1.63. The molecule has 1 rings (SSSR count). The van der Waals surface area contributed by atoms with Gasteiger partial charge < -0.3 is 15.4 Å². The molecule has 0 fully saturated rings. The Kier molecular flexibility index (Phi) is 6.22. The molecule has 0 saturated heterocycles. The van der Waals surface area contributed by atoms with Gasteiger partial charge in [-0.3, -0.25) is 0 Å². The molecule has 2 N–H and O–H groups in total. The van der Waals surface area contributed by atoms with E-state index in [-0.39, 0.29) is 0 Å². The van der Waals surface area contributed by atoms with E-state index in [2.05, 4.69) is 31.1 Å². The lowest BCUT2D eigenvalue weighted by Crippen LogP contribution is -2.35. The van der Waals surface area contributed by atoms with Gasteiger partial charge in [-0.1, -0.05) is 25.6 Å².